The molecule has 1 fully saturated rings. The lowest BCUT2D eigenvalue weighted by molar-refractivity contribution is 0.112. The van der Waals surface area contributed by atoms with Crippen LogP contribution in [0.2, 0.25) is 0 Å². The Hall–Kier alpha value is -1.31. The Morgan fingerprint density at radius 3 is 2.35 bits per heavy atom. The normalized spacial score (nSPS) is 17.3. The van der Waals surface area contributed by atoms with Gasteiger partial charge in [0, 0.05) is 5.56 Å². The van der Waals surface area contributed by atoms with Crippen molar-refractivity contribution in [3.05, 3.63) is 29.3 Å². The Kier molecular flexibility index (Phi) is 6.68. The van der Waals surface area contributed by atoms with Crippen LogP contribution in [0.3, 0.4) is 0 Å². The van der Waals surface area contributed by atoms with Gasteiger partial charge in [-0.1, -0.05) is 52.9 Å². The van der Waals surface area contributed by atoms with Crippen molar-refractivity contribution in [2.45, 2.75) is 77.6 Å². The quantitative estimate of drug-likeness (QED) is 0.608. The van der Waals surface area contributed by atoms with Gasteiger partial charge in [0.1, 0.15) is 12.0 Å². The zero-order valence-electron chi connectivity index (χ0n) is 15.1. The van der Waals surface area contributed by atoms with E-state index in [9.17, 15) is 4.79 Å². The highest BCUT2D eigenvalue weighted by Gasteiger charge is 2.20. The summed E-state index contributed by atoms with van der Waals surface area (Å²) in [6.07, 6.45) is 11.3. The van der Waals surface area contributed by atoms with E-state index in [1.54, 1.807) is 0 Å². The molecule has 1 aliphatic rings. The zero-order chi connectivity index (χ0) is 16.7. The minimum atomic E-state index is 0.0668. The third-order valence-corrected chi connectivity index (χ3v) is 5.44. The molecule has 0 N–H and O–H groups in total. The summed E-state index contributed by atoms with van der Waals surface area (Å²) < 4.78 is 6.11. The highest BCUT2D eigenvalue weighted by atomic mass is 16.5. The lowest BCUT2D eigenvalue weighted by Gasteiger charge is -2.25. The summed E-state index contributed by atoms with van der Waals surface area (Å²) in [4.78, 5) is 11.3. The number of carbonyl (C=O) groups excluding carboxylic acids is 1. The summed E-state index contributed by atoms with van der Waals surface area (Å²) in [6.45, 7) is 7.40. The molecule has 0 bridgehead atoms. The fourth-order valence-corrected chi connectivity index (χ4v) is 3.29. The summed E-state index contributed by atoms with van der Waals surface area (Å²) in [5.41, 5.74) is 1.98. The summed E-state index contributed by atoms with van der Waals surface area (Å²) in [6, 6.07) is 6.00. The van der Waals surface area contributed by atoms with Crippen molar-refractivity contribution in [2.75, 3.05) is 6.61 Å². The van der Waals surface area contributed by atoms with Crippen LogP contribution < -0.4 is 4.74 Å². The second-order valence-electron chi connectivity index (χ2n) is 7.67. The third kappa shape index (κ3) is 5.37. The average Bonchev–Trinajstić information content (AvgIpc) is 2.53. The topological polar surface area (TPSA) is 26.3 Å². The molecule has 0 radical (unpaired) electrons. The van der Waals surface area contributed by atoms with Gasteiger partial charge in [0.05, 0.1) is 6.61 Å². The van der Waals surface area contributed by atoms with Crippen molar-refractivity contribution in [1.29, 1.82) is 0 Å². The maximum Gasteiger partial charge on any atom is 0.150 e. The Morgan fingerprint density at radius 2 is 1.74 bits per heavy atom. The minimum absolute atomic E-state index is 0.0668. The largest absolute Gasteiger partial charge is 0.493 e. The molecule has 0 spiro atoms. The molecule has 0 aromatic heterocycles. The van der Waals surface area contributed by atoms with E-state index in [1.807, 2.05) is 12.1 Å². The van der Waals surface area contributed by atoms with Gasteiger partial charge in [0.25, 0.3) is 0 Å². The summed E-state index contributed by atoms with van der Waals surface area (Å²) in [5, 5.41) is 0. The molecule has 1 aromatic carbocycles. The minimum Gasteiger partial charge on any atom is -0.493 e. The number of rotatable bonds is 6. The van der Waals surface area contributed by atoms with Crippen molar-refractivity contribution in [3.8, 4) is 5.75 Å². The molecule has 0 aliphatic heterocycles. The van der Waals surface area contributed by atoms with E-state index in [4.69, 9.17) is 4.74 Å². The molecule has 0 unspecified atom stereocenters. The number of aldehydes is 1. The summed E-state index contributed by atoms with van der Waals surface area (Å²) >= 11 is 0. The van der Waals surface area contributed by atoms with Crippen molar-refractivity contribution in [1.82, 2.24) is 0 Å². The highest BCUT2D eigenvalue weighted by molar-refractivity contribution is 5.76. The maximum absolute atomic E-state index is 11.3. The van der Waals surface area contributed by atoms with Gasteiger partial charge in [-0.05, 0) is 54.4 Å². The third-order valence-electron chi connectivity index (χ3n) is 5.44. The molecular weight excluding hydrogens is 284 g/mol. The van der Waals surface area contributed by atoms with Gasteiger partial charge in [-0.2, -0.15) is 0 Å². The molecule has 2 heteroatoms. The molecule has 1 saturated carbocycles. The van der Waals surface area contributed by atoms with E-state index >= 15 is 0 Å². The smallest absolute Gasteiger partial charge is 0.150 e. The van der Waals surface area contributed by atoms with Crippen LogP contribution in [0.4, 0.5) is 0 Å². The number of hydrogen-bond donors (Lipinski definition) is 0. The number of ether oxygens (including phenoxy) is 1. The molecular formula is C21H32O2. The van der Waals surface area contributed by atoms with E-state index in [2.05, 4.69) is 26.8 Å². The van der Waals surface area contributed by atoms with Crippen LogP contribution in [0.25, 0.3) is 0 Å². The number of carbonyl (C=O) groups is 1. The maximum atomic E-state index is 11.3. The fourth-order valence-electron chi connectivity index (χ4n) is 3.29. The number of benzene rings is 1. The van der Waals surface area contributed by atoms with E-state index in [0.717, 1.165) is 30.6 Å². The van der Waals surface area contributed by atoms with Crippen LogP contribution in [0.15, 0.2) is 18.2 Å². The van der Waals surface area contributed by atoms with Gasteiger partial charge < -0.3 is 4.74 Å². The van der Waals surface area contributed by atoms with Gasteiger partial charge in [0.2, 0.25) is 0 Å². The molecule has 2 nitrogen and oxygen atoms in total. The molecule has 1 aliphatic carbocycles. The Morgan fingerprint density at radius 1 is 1.09 bits per heavy atom. The molecule has 128 valence electrons. The average molecular weight is 316 g/mol. The first-order chi connectivity index (χ1) is 11.0. The van der Waals surface area contributed by atoms with Gasteiger partial charge >= 0.3 is 0 Å². The molecule has 0 saturated heterocycles. The second kappa shape index (κ2) is 8.52. The lowest BCUT2D eigenvalue weighted by atomic mass is 9.81. The first-order valence-corrected chi connectivity index (χ1v) is 9.28. The van der Waals surface area contributed by atoms with Crippen LogP contribution in [0.5, 0.6) is 5.75 Å². The summed E-state index contributed by atoms with van der Waals surface area (Å²) in [7, 11) is 0. The Bertz CT molecular complexity index is 497. The standard InChI is InChI=1S/C21H32O2/c1-4-21(2,3)19-12-18(15-22)13-20(14-19)23-16-17-10-8-6-5-7-9-11-17/h12-15,17H,4-11,16H2,1-3H3. The fraction of sp³-hybridized carbons (Fsp3) is 0.667. The number of hydrogen-bond acceptors (Lipinski definition) is 2. The first kappa shape index (κ1) is 18.0. The van der Waals surface area contributed by atoms with Crippen molar-refractivity contribution < 1.29 is 9.53 Å². The molecule has 2 rings (SSSR count). The summed E-state index contributed by atoms with van der Waals surface area (Å²) in [5.74, 6) is 1.52. The van der Waals surface area contributed by atoms with Gasteiger partial charge in [0.15, 0.2) is 0 Å². The van der Waals surface area contributed by atoms with Gasteiger partial charge in [-0.15, -0.1) is 0 Å². The lowest BCUT2D eigenvalue weighted by Crippen LogP contribution is -2.17. The predicted molar refractivity (Wildman–Crippen MR) is 96.5 cm³/mol. The van der Waals surface area contributed by atoms with Gasteiger partial charge in [-0.25, -0.2) is 0 Å². The van der Waals surface area contributed by atoms with Gasteiger partial charge in [-0.3, -0.25) is 4.79 Å². The van der Waals surface area contributed by atoms with Crippen LogP contribution in [0, 0.1) is 5.92 Å². The molecule has 1 aromatic rings. The SMILES string of the molecule is CCC(C)(C)c1cc(C=O)cc(OCC2CCCCCCC2)c1. The molecule has 0 heterocycles. The predicted octanol–water partition coefficient (Wildman–Crippen LogP) is 5.93. The Labute approximate surface area is 141 Å². The van der Waals surface area contributed by atoms with Crippen LogP contribution in [-0.2, 0) is 5.41 Å². The van der Waals surface area contributed by atoms with Crippen LogP contribution >= 0.6 is 0 Å². The van der Waals surface area contributed by atoms with E-state index < -0.39 is 0 Å². The van der Waals surface area contributed by atoms with Crippen LogP contribution in [-0.4, -0.2) is 12.9 Å². The van der Waals surface area contributed by atoms with E-state index in [0.29, 0.717) is 5.92 Å². The zero-order valence-corrected chi connectivity index (χ0v) is 15.1. The Balaban J connectivity index is 2.06. The highest BCUT2D eigenvalue weighted by Crippen LogP contribution is 2.31. The van der Waals surface area contributed by atoms with E-state index in [1.165, 1.54) is 50.5 Å². The molecule has 23 heavy (non-hydrogen) atoms. The molecule has 0 amide bonds. The van der Waals surface area contributed by atoms with E-state index in [-0.39, 0.29) is 5.41 Å². The monoisotopic (exact) mass is 316 g/mol. The second-order valence-corrected chi connectivity index (χ2v) is 7.67. The molecule has 0 atom stereocenters. The van der Waals surface area contributed by atoms with Crippen molar-refractivity contribution >= 4 is 6.29 Å². The first-order valence-electron chi connectivity index (χ1n) is 9.28. The van der Waals surface area contributed by atoms with Crippen LogP contribution in [0.1, 0.15) is 88.1 Å². The van der Waals surface area contributed by atoms with Crippen molar-refractivity contribution in [3.63, 3.8) is 0 Å². The van der Waals surface area contributed by atoms with Crippen molar-refractivity contribution in [2.24, 2.45) is 5.92 Å².